The Kier molecular flexibility index (Phi) is 7.60. The molecule has 2 heterocycles. The molecular formula is C24H29N3O7. The van der Waals surface area contributed by atoms with E-state index in [1.165, 1.54) is 0 Å². The third kappa shape index (κ3) is 5.56. The summed E-state index contributed by atoms with van der Waals surface area (Å²) in [6.07, 6.45) is 1.27. The van der Waals surface area contributed by atoms with Crippen molar-refractivity contribution in [2.45, 2.75) is 58.9 Å². The highest BCUT2D eigenvalue weighted by atomic mass is 16.4. The minimum Gasteiger partial charge on any atom is -0.480 e. The lowest BCUT2D eigenvalue weighted by Gasteiger charge is -2.15. The van der Waals surface area contributed by atoms with E-state index >= 15 is 0 Å². The average molecular weight is 472 g/mol. The molecule has 0 bridgehead atoms. The highest BCUT2D eigenvalue weighted by Crippen LogP contribution is 2.31. The molecule has 0 fully saturated rings. The Labute approximate surface area is 195 Å². The molecule has 3 amide bonds. The second-order valence-electron chi connectivity index (χ2n) is 8.37. The standard InChI is InChI=1S/C24H29N3O7/c1-12-14(3)33-19-11-20-17(10-16(12)19)13(2)15(23(31)34-20)7-8-21(28)27-18(22(29)30)6-4-5-9-26-24(25)32/h10-11,18H,4-9H2,1-3H3,(H,27,28)(H,29,30)(H3,25,26,32)/t18-/m0/s1. The van der Waals surface area contributed by atoms with E-state index in [1.807, 2.05) is 19.9 Å². The van der Waals surface area contributed by atoms with Crippen LogP contribution in [0.15, 0.2) is 25.8 Å². The maximum absolute atomic E-state index is 12.6. The normalized spacial score (nSPS) is 12.1. The minimum absolute atomic E-state index is 0.0593. The molecule has 182 valence electrons. The van der Waals surface area contributed by atoms with Crippen molar-refractivity contribution in [1.29, 1.82) is 0 Å². The Hall–Kier alpha value is -3.82. The minimum atomic E-state index is -1.15. The number of nitrogens with two attached hydrogens (primary N) is 1. The maximum atomic E-state index is 12.6. The Morgan fingerprint density at radius 2 is 1.71 bits per heavy atom. The first-order valence-electron chi connectivity index (χ1n) is 11.1. The lowest BCUT2D eigenvalue weighted by molar-refractivity contribution is -0.142. The van der Waals surface area contributed by atoms with Crippen LogP contribution in [0.25, 0.3) is 21.9 Å². The SMILES string of the molecule is Cc1oc2cc3oc(=O)c(CCC(=O)N[C@@H](CCCCNC(N)=O)C(=O)O)c(C)c3cc2c1C. The molecule has 0 saturated carbocycles. The zero-order valence-electron chi connectivity index (χ0n) is 19.4. The zero-order chi connectivity index (χ0) is 25.0. The number of unbranched alkanes of at least 4 members (excludes halogenated alkanes) is 1. The van der Waals surface area contributed by atoms with E-state index in [0.29, 0.717) is 36.1 Å². The number of urea groups is 1. The molecule has 2 aromatic heterocycles. The van der Waals surface area contributed by atoms with E-state index in [0.717, 1.165) is 27.7 Å². The first-order valence-corrected chi connectivity index (χ1v) is 11.1. The smallest absolute Gasteiger partial charge is 0.339 e. The van der Waals surface area contributed by atoms with Crippen LogP contribution in [-0.4, -0.2) is 35.6 Å². The maximum Gasteiger partial charge on any atom is 0.339 e. The van der Waals surface area contributed by atoms with Gasteiger partial charge < -0.3 is 30.3 Å². The number of rotatable bonds is 10. The van der Waals surface area contributed by atoms with Gasteiger partial charge in [-0.3, -0.25) is 4.79 Å². The summed E-state index contributed by atoms with van der Waals surface area (Å²) < 4.78 is 11.2. The molecule has 10 nitrogen and oxygen atoms in total. The van der Waals surface area contributed by atoms with Crippen LogP contribution >= 0.6 is 0 Å². The second-order valence-corrected chi connectivity index (χ2v) is 8.37. The molecule has 0 saturated heterocycles. The quantitative estimate of drug-likeness (QED) is 0.261. The van der Waals surface area contributed by atoms with Gasteiger partial charge in [0.1, 0.15) is 23.0 Å². The summed E-state index contributed by atoms with van der Waals surface area (Å²) in [5.74, 6) is -0.829. The molecule has 1 atom stereocenters. The molecular weight excluding hydrogens is 442 g/mol. The van der Waals surface area contributed by atoms with Gasteiger partial charge in [0, 0.05) is 35.4 Å². The number of hydrogen-bond donors (Lipinski definition) is 4. The molecule has 3 aromatic rings. The number of carbonyl (C=O) groups excluding carboxylic acids is 2. The molecule has 10 heteroatoms. The van der Waals surface area contributed by atoms with Gasteiger partial charge in [0.25, 0.3) is 0 Å². The average Bonchev–Trinajstić information content (AvgIpc) is 3.03. The predicted octanol–water partition coefficient (Wildman–Crippen LogP) is 2.81. The molecule has 1 aromatic carbocycles. The number of amides is 3. The summed E-state index contributed by atoms with van der Waals surface area (Å²) in [6, 6.07) is 1.92. The monoisotopic (exact) mass is 471 g/mol. The molecule has 0 aliphatic rings. The first kappa shape index (κ1) is 24.8. The van der Waals surface area contributed by atoms with Crippen LogP contribution < -0.4 is 22.0 Å². The molecule has 3 rings (SSSR count). The predicted molar refractivity (Wildman–Crippen MR) is 126 cm³/mol. The number of carboxylic acids is 1. The number of primary amides is 1. The van der Waals surface area contributed by atoms with Crippen LogP contribution in [0, 0.1) is 20.8 Å². The van der Waals surface area contributed by atoms with Crippen molar-refractivity contribution < 1.29 is 28.3 Å². The van der Waals surface area contributed by atoms with E-state index in [1.54, 1.807) is 13.0 Å². The summed E-state index contributed by atoms with van der Waals surface area (Å²) in [6.45, 7) is 5.97. The molecule has 0 radical (unpaired) electrons. The lowest BCUT2D eigenvalue weighted by atomic mass is 10.00. The van der Waals surface area contributed by atoms with E-state index in [-0.39, 0.29) is 19.3 Å². The topological polar surface area (TPSA) is 165 Å². The highest BCUT2D eigenvalue weighted by molar-refractivity contribution is 5.96. The van der Waals surface area contributed by atoms with Crippen molar-refractivity contribution in [1.82, 2.24) is 10.6 Å². The van der Waals surface area contributed by atoms with Crippen LogP contribution in [0.1, 0.15) is 48.1 Å². The van der Waals surface area contributed by atoms with Crippen LogP contribution in [0.4, 0.5) is 4.79 Å². The third-order valence-electron chi connectivity index (χ3n) is 6.04. The Morgan fingerprint density at radius 3 is 2.38 bits per heavy atom. The zero-order valence-corrected chi connectivity index (χ0v) is 19.4. The van der Waals surface area contributed by atoms with Crippen molar-refractivity contribution in [3.05, 3.63) is 45.0 Å². The number of aliphatic carboxylic acids is 1. The highest BCUT2D eigenvalue weighted by Gasteiger charge is 2.21. The van der Waals surface area contributed by atoms with Gasteiger partial charge in [-0.15, -0.1) is 0 Å². The molecule has 0 aliphatic carbocycles. The fraction of sp³-hybridized carbons (Fsp3) is 0.417. The molecule has 0 aliphatic heterocycles. The lowest BCUT2D eigenvalue weighted by Crippen LogP contribution is -2.41. The largest absolute Gasteiger partial charge is 0.480 e. The summed E-state index contributed by atoms with van der Waals surface area (Å²) >= 11 is 0. The Bertz CT molecular complexity index is 1310. The van der Waals surface area contributed by atoms with Gasteiger partial charge in [-0.05, 0) is 63.6 Å². The van der Waals surface area contributed by atoms with Gasteiger partial charge in [-0.2, -0.15) is 0 Å². The molecule has 0 spiro atoms. The Morgan fingerprint density at radius 1 is 1.03 bits per heavy atom. The number of nitrogens with one attached hydrogen (secondary N) is 2. The van der Waals surface area contributed by atoms with E-state index in [9.17, 15) is 24.3 Å². The van der Waals surface area contributed by atoms with Crippen molar-refractivity contribution in [3.63, 3.8) is 0 Å². The summed E-state index contributed by atoms with van der Waals surface area (Å²) in [4.78, 5) is 47.2. The summed E-state index contributed by atoms with van der Waals surface area (Å²) in [5, 5.41) is 16.0. The van der Waals surface area contributed by atoms with Crippen LogP contribution in [0.2, 0.25) is 0 Å². The Balaban J connectivity index is 1.68. The van der Waals surface area contributed by atoms with Crippen LogP contribution in [0.5, 0.6) is 0 Å². The number of benzene rings is 1. The van der Waals surface area contributed by atoms with Gasteiger partial charge >= 0.3 is 17.6 Å². The first-order chi connectivity index (χ1) is 16.1. The van der Waals surface area contributed by atoms with Crippen LogP contribution in [-0.2, 0) is 16.0 Å². The van der Waals surface area contributed by atoms with Gasteiger partial charge in [0.05, 0.1) is 0 Å². The van der Waals surface area contributed by atoms with Gasteiger partial charge in [-0.1, -0.05) is 0 Å². The van der Waals surface area contributed by atoms with Crippen molar-refractivity contribution >= 4 is 39.8 Å². The fourth-order valence-corrected chi connectivity index (χ4v) is 3.96. The number of fused-ring (bicyclic) bond motifs is 2. The summed E-state index contributed by atoms with van der Waals surface area (Å²) in [5.41, 5.74) is 7.60. The van der Waals surface area contributed by atoms with Crippen LogP contribution in [0.3, 0.4) is 0 Å². The van der Waals surface area contributed by atoms with Crippen molar-refractivity contribution in [2.75, 3.05) is 6.54 Å². The van der Waals surface area contributed by atoms with Crippen molar-refractivity contribution in [3.8, 4) is 0 Å². The van der Waals surface area contributed by atoms with Gasteiger partial charge in [-0.25, -0.2) is 14.4 Å². The van der Waals surface area contributed by atoms with Crippen molar-refractivity contribution in [2.24, 2.45) is 5.73 Å². The van der Waals surface area contributed by atoms with E-state index in [4.69, 9.17) is 14.6 Å². The molecule has 5 N–H and O–H groups in total. The third-order valence-corrected chi connectivity index (χ3v) is 6.04. The number of furan rings is 1. The van der Waals surface area contributed by atoms with Gasteiger partial charge in [0.2, 0.25) is 5.91 Å². The number of carbonyl (C=O) groups is 3. The van der Waals surface area contributed by atoms with E-state index in [2.05, 4.69) is 10.6 Å². The number of carboxylic acid groups (broad SMARTS) is 1. The fourth-order valence-electron chi connectivity index (χ4n) is 3.96. The van der Waals surface area contributed by atoms with E-state index < -0.39 is 29.6 Å². The molecule has 34 heavy (non-hydrogen) atoms. The molecule has 0 unspecified atom stereocenters. The number of hydrogen-bond acceptors (Lipinski definition) is 6. The summed E-state index contributed by atoms with van der Waals surface area (Å²) in [7, 11) is 0. The second kappa shape index (κ2) is 10.4. The number of aryl methyl sites for hydroxylation is 3. The van der Waals surface area contributed by atoms with Gasteiger partial charge in [0.15, 0.2) is 0 Å².